The zero-order chi connectivity index (χ0) is 17.6. The lowest BCUT2D eigenvalue weighted by atomic mass is 9.98. The average Bonchev–Trinajstić information content (AvgIpc) is 2.97. The van der Waals surface area contributed by atoms with Crippen LogP contribution in [0.2, 0.25) is 18.1 Å². The minimum atomic E-state index is -1.67. The number of carbonyl (C=O) groups is 1. The van der Waals surface area contributed by atoms with E-state index < -0.39 is 8.07 Å². The Morgan fingerprint density at radius 3 is 2.04 bits per heavy atom. The van der Waals surface area contributed by atoms with Crippen LogP contribution in [0.5, 0.6) is 0 Å². The van der Waals surface area contributed by atoms with Gasteiger partial charge in [-0.25, -0.2) is 0 Å². The van der Waals surface area contributed by atoms with Crippen LogP contribution in [0, 0.1) is 0 Å². The molecule has 0 atom stereocenters. The lowest BCUT2D eigenvalue weighted by Gasteiger charge is -2.31. The van der Waals surface area contributed by atoms with Crippen LogP contribution in [-0.2, 0) is 0 Å². The Morgan fingerprint density at radius 2 is 1.36 bits per heavy atom. The number of carbonyl (C=O) groups excluding carboxylic acids is 1. The standard InChI is InChI=1S/C23H24OSi/c1-4-25(5-2,6-3)20-15-16-11-7-8-12-17(16)21-18-13-9-10-14-19(18)23(24)22(20)21/h7-15H,4-6H2,1-3H3. The Balaban J connectivity index is 2.18. The van der Waals surface area contributed by atoms with Crippen molar-refractivity contribution in [1.29, 1.82) is 0 Å². The molecule has 2 heteroatoms. The molecule has 0 amide bonds. The highest BCUT2D eigenvalue weighted by molar-refractivity contribution is 6.93. The Hall–Kier alpha value is -2.19. The molecule has 1 aliphatic rings. The third-order valence-electron chi connectivity index (χ3n) is 6.32. The van der Waals surface area contributed by atoms with Gasteiger partial charge in [-0.2, -0.15) is 0 Å². The summed E-state index contributed by atoms with van der Waals surface area (Å²) in [5.41, 5.74) is 4.19. The molecule has 0 fully saturated rings. The van der Waals surface area contributed by atoms with E-state index in [-0.39, 0.29) is 5.78 Å². The summed E-state index contributed by atoms with van der Waals surface area (Å²) in [6.07, 6.45) is 0. The quantitative estimate of drug-likeness (QED) is 0.430. The second-order valence-electron chi connectivity index (χ2n) is 7.11. The molecule has 126 valence electrons. The number of rotatable bonds is 4. The molecule has 1 nitrogen and oxygen atoms in total. The Labute approximate surface area is 150 Å². The smallest absolute Gasteiger partial charge is 0.194 e. The fourth-order valence-corrected chi connectivity index (χ4v) is 8.51. The maximum atomic E-state index is 13.4. The van der Waals surface area contributed by atoms with E-state index >= 15 is 0 Å². The number of hydrogen-bond donors (Lipinski definition) is 0. The van der Waals surface area contributed by atoms with Gasteiger partial charge in [0.1, 0.15) is 0 Å². The summed E-state index contributed by atoms with van der Waals surface area (Å²) in [7, 11) is -1.67. The van der Waals surface area contributed by atoms with Crippen LogP contribution in [0.15, 0.2) is 54.6 Å². The molecule has 0 aromatic heterocycles. The first kappa shape index (κ1) is 16.3. The van der Waals surface area contributed by atoms with Gasteiger partial charge in [-0.1, -0.05) is 93.5 Å². The molecule has 0 heterocycles. The molecule has 3 aromatic rings. The lowest BCUT2D eigenvalue weighted by Crippen LogP contribution is -2.48. The molecular formula is C23H24OSi. The lowest BCUT2D eigenvalue weighted by molar-refractivity contribution is 0.104. The molecule has 1 aliphatic carbocycles. The van der Waals surface area contributed by atoms with E-state index in [2.05, 4.69) is 57.2 Å². The van der Waals surface area contributed by atoms with Crippen molar-refractivity contribution in [3.05, 3.63) is 65.7 Å². The SMILES string of the molecule is CC[Si](CC)(CC)c1cc2ccccc2c2c1C(=O)c1ccccc1-2. The Kier molecular flexibility index (Phi) is 3.88. The van der Waals surface area contributed by atoms with Crippen LogP contribution in [0.1, 0.15) is 36.7 Å². The van der Waals surface area contributed by atoms with Crippen molar-refractivity contribution in [1.82, 2.24) is 0 Å². The third kappa shape index (κ3) is 2.17. The molecule has 3 aromatic carbocycles. The topological polar surface area (TPSA) is 17.1 Å². The van der Waals surface area contributed by atoms with Crippen LogP contribution < -0.4 is 5.19 Å². The van der Waals surface area contributed by atoms with E-state index in [0.717, 1.165) is 16.7 Å². The van der Waals surface area contributed by atoms with E-state index in [0.29, 0.717) is 0 Å². The molecule has 0 saturated carbocycles. The second-order valence-corrected chi connectivity index (χ2v) is 12.3. The van der Waals surface area contributed by atoms with Gasteiger partial charge in [0.2, 0.25) is 0 Å². The maximum Gasteiger partial charge on any atom is 0.194 e. The van der Waals surface area contributed by atoms with Crippen LogP contribution in [0.3, 0.4) is 0 Å². The van der Waals surface area contributed by atoms with Gasteiger partial charge >= 0.3 is 0 Å². The van der Waals surface area contributed by atoms with Crippen molar-refractivity contribution < 1.29 is 4.79 Å². The van der Waals surface area contributed by atoms with Crippen LogP contribution in [0.25, 0.3) is 21.9 Å². The minimum absolute atomic E-state index is 0.235. The predicted molar refractivity (Wildman–Crippen MR) is 110 cm³/mol. The molecule has 0 bridgehead atoms. The van der Waals surface area contributed by atoms with Crippen molar-refractivity contribution in [2.75, 3.05) is 0 Å². The van der Waals surface area contributed by atoms with Gasteiger partial charge in [-0.05, 0) is 21.5 Å². The fourth-order valence-electron chi connectivity index (χ4n) is 4.64. The average molecular weight is 345 g/mol. The van der Waals surface area contributed by atoms with Crippen LogP contribution >= 0.6 is 0 Å². The minimum Gasteiger partial charge on any atom is -0.289 e. The van der Waals surface area contributed by atoms with Crippen molar-refractivity contribution in [2.24, 2.45) is 0 Å². The van der Waals surface area contributed by atoms with E-state index in [4.69, 9.17) is 0 Å². The number of benzene rings is 3. The fraction of sp³-hybridized carbons (Fsp3) is 0.261. The molecule has 0 aliphatic heterocycles. The summed E-state index contributed by atoms with van der Waals surface area (Å²) in [5.74, 6) is 0.235. The zero-order valence-corrected chi connectivity index (χ0v) is 16.2. The normalized spacial score (nSPS) is 13.2. The van der Waals surface area contributed by atoms with Crippen LogP contribution in [0.4, 0.5) is 0 Å². The molecule has 0 saturated heterocycles. The highest BCUT2D eigenvalue weighted by Gasteiger charge is 2.38. The van der Waals surface area contributed by atoms with Gasteiger partial charge in [0.25, 0.3) is 0 Å². The summed E-state index contributed by atoms with van der Waals surface area (Å²) < 4.78 is 0. The molecule has 0 N–H and O–H groups in total. The van der Waals surface area contributed by atoms with Gasteiger partial charge in [0.15, 0.2) is 5.78 Å². The Bertz CT molecular complexity index is 974. The van der Waals surface area contributed by atoms with Crippen LogP contribution in [-0.4, -0.2) is 13.9 Å². The van der Waals surface area contributed by atoms with Gasteiger partial charge in [0.05, 0.1) is 8.07 Å². The van der Waals surface area contributed by atoms with Crippen molar-refractivity contribution in [2.45, 2.75) is 38.9 Å². The summed E-state index contributed by atoms with van der Waals surface area (Å²) in [6, 6.07) is 22.6. The molecule has 0 spiro atoms. The highest BCUT2D eigenvalue weighted by atomic mass is 28.3. The second kappa shape index (κ2) is 5.96. The molecular weight excluding hydrogens is 320 g/mol. The monoisotopic (exact) mass is 344 g/mol. The zero-order valence-electron chi connectivity index (χ0n) is 15.2. The number of fused-ring (bicyclic) bond motifs is 5. The summed E-state index contributed by atoms with van der Waals surface area (Å²) in [4.78, 5) is 13.4. The highest BCUT2D eigenvalue weighted by Crippen LogP contribution is 2.42. The van der Waals surface area contributed by atoms with Gasteiger partial charge < -0.3 is 0 Å². The maximum absolute atomic E-state index is 13.4. The summed E-state index contributed by atoms with van der Waals surface area (Å²) in [6.45, 7) is 6.94. The van der Waals surface area contributed by atoms with Gasteiger partial charge in [-0.3, -0.25) is 4.79 Å². The van der Waals surface area contributed by atoms with E-state index in [1.165, 1.54) is 39.7 Å². The molecule has 0 radical (unpaired) electrons. The Morgan fingerprint density at radius 1 is 0.760 bits per heavy atom. The largest absolute Gasteiger partial charge is 0.289 e. The molecule has 0 unspecified atom stereocenters. The summed E-state index contributed by atoms with van der Waals surface area (Å²) in [5, 5.41) is 3.87. The van der Waals surface area contributed by atoms with E-state index in [9.17, 15) is 4.79 Å². The van der Waals surface area contributed by atoms with E-state index in [1.807, 2.05) is 18.2 Å². The molecule has 25 heavy (non-hydrogen) atoms. The van der Waals surface area contributed by atoms with Gasteiger partial charge in [-0.15, -0.1) is 0 Å². The van der Waals surface area contributed by atoms with E-state index in [1.54, 1.807) is 0 Å². The van der Waals surface area contributed by atoms with Crippen molar-refractivity contribution >= 4 is 29.8 Å². The molecule has 4 rings (SSSR count). The third-order valence-corrected chi connectivity index (χ3v) is 11.9. The number of ketones is 1. The van der Waals surface area contributed by atoms with Gasteiger partial charge in [0, 0.05) is 16.7 Å². The first-order valence-electron chi connectivity index (χ1n) is 9.37. The first-order chi connectivity index (χ1) is 12.2. The van der Waals surface area contributed by atoms with Crippen molar-refractivity contribution in [3.8, 4) is 11.1 Å². The predicted octanol–water partition coefficient (Wildman–Crippen LogP) is 5.77. The summed E-state index contributed by atoms with van der Waals surface area (Å²) >= 11 is 0. The van der Waals surface area contributed by atoms with Crippen molar-refractivity contribution in [3.63, 3.8) is 0 Å². The number of hydrogen-bond acceptors (Lipinski definition) is 1. The first-order valence-corrected chi connectivity index (χ1v) is 12.0.